The van der Waals surface area contributed by atoms with Gasteiger partial charge in [-0.25, -0.2) is 0 Å². The fourth-order valence-corrected chi connectivity index (χ4v) is 2.41. The summed E-state index contributed by atoms with van der Waals surface area (Å²) in [7, 11) is 0. The molecule has 0 aromatic heterocycles. The molecule has 3 heteroatoms. The zero-order valence-electron chi connectivity index (χ0n) is 10.7. The molecule has 1 unspecified atom stereocenters. The molecule has 1 amide bonds. The van der Waals surface area contributed by atoms with Gasteiger partial charge >= 0.3 is 0 Å². The van der Waals surface area contributed by atoms with Crippen LogP contribution < -0.4 is 5.32 Å². The number of nitrogens with zero attached hydrogens (tertiary/aromatic N) is 1. The van der Waals surface area contributed by atoms with Gasteiger partial charge in [0, 0.05) is 18.1 Å². The molecule has 1 saturated heterocycles. The average molecular weight is 232 g/mol. The first-order valence-corrected chi connectivity index (χ1v) is 6.09. The molecule has 0 aliphatic carbocycles. The van der Waals surface area contributed by atoms with E-state index in [9.17, 15) is 4.79 Å². The van der Waals surface area contributed by atoms with Gasteiger partial charge in [-0.05, 0) is 26.3 Å². The largest absolute Gasteiger partial charge is 0.353 e. The Labute approximate surface area is 103 Å². The Hall–Kier alpha value is -1.35. The molecule has 1 aliphatic heterocycles. The number of benzene rings is 1. The quantitative estimate of drug-likeness (QED) is 0.845. The minimum atomic E-state index is 0.00314. The number of hydrogen-bond acceptors (Lipinski definition) is 2. The van der Waals surface area contributed by atoms with Crippen LogP contribution in [0.4, 0.5) is 0 Å². The minimum absolute atomic E-state index is 0.00314. The molecule has 0 bridgehead atoms. The molecule has 92 valence electrons. The number of amides is 1. The van der Waals surface area contributed by atoms with Gasteiger partial charge in [-0.2, -0.15) is 0 Å². The Morgan fingerprint density at radius 3 is 2.59 bits per heavy atom. The van der Waals surface area contributed by atoms with E-state index >= 15 is 0 Å². The molecule has 1 aromatic rings. The maximum absolute atomic E-state index is 11.5. The van der Waals surface area contributed by atoms with Gasteiger partial charge in [-0.3, -0.25) is 9.69 Å². The topological polar surface area (TPSA) is 32.3 Å². The summed E-state index contributed by atoms with van der Waals surface area (Å²) in [5.41, 5.74) is 1.26. The van der Waals surface area contributed by atoms with Crippen molar-refractivity contribution in [1.82, 2.24) is 10.2 Å². The first-order chi connectivity index (χ1) is 8.00. The highest BCUT2D eigenvalue weighted by Gasteiger charge is 2.36. The summed E-state index contributed by atoms with van der Waals surface area (Å²) >= 11 is 0. The van der Waals surface area contributed by atoms with Crippen molar-refractivity contribution in [3.63, 3.8) is 0 Å². The molecule has 3 nitrogen and oxygen atoms in total. The van der Waals surface area contributed by atoms with E-state index in [-0.39, 0.29) is 17.5 Å². The van der Waals surface area contributed by atoms with E-state index in [4.69, 9.17) is 0 Å². The smallest absolute Gasteiger partial charge is 0.234 e. The van der Waals surface area contributed by atoms with Crippen molar-refractivity contribution in [3.8, 4) is 0 Å². The molecule has 1 atom stereocenters. The van der Waals surface area contributed by atoms with Gasteiger partial charge in [0.15, 0.2) is 0 Å². The molecular formula is C14H20N2O. The Morgan fingerprint density at radius 1 is 1.29 bits per heavy atom. The van der Waals surface area contributed by atoms with Gasteiger partial charge in [0.2, 0.25) is 5.91 Å². The number of hydrogen-bond donors (Lipinski definition) is 1. The van der Waals surface area contributed by atoms with Crippen LogP contribution >= 0.6 is 0 Å². The summed E-state index contributed by atoms with van der Waals surface area (Å²) in [6.07, 6.45) is 0. The average Bonchev–Trinajstić information content (AvgIpc) is 2.33. The van der Waals surface area contributed by atoms with Gasteiger partial charge in [0.1, 0.15) is 0 Å². The number of piperazine rings is 1. The van der Waals surface area contributed by atoms with Crippen molar-refractivity contribution in [2.75, 3.05) is 13.1 Å². The molecule has 2 rings (SSSR count). The zero-order chi connectivity index (χ0) is 12.5. The van der Waals surface area contributed by atoms with Crippen LogP contribution in [0.2, 0.25) is 0 Å². The SMILES string of the molecule is CC(c1ccccc1)N1CC(=O)NCC1(C)C. The maximum atomic E-state index is 11.5. The van der Waals surface area contributed by atoms with E-state index < -0.39 is 0 Å². The lowest BCUT2D eigenvalue weighted by atomic mass is 9.95. The number of carbonyl (C=O) groups excluding carboxylic acids is 1. The van der Waals surface area contributed by atoms with E-state index in [0.717, 1.165) is 0 Å². The fraction of sp³-hybridized carbons (Fsp3) is 0.500. The molecule has 1 N–H and O–H groups in total. The van der Waals surface area contributed by atoms with Crippen LogP contribution in [-0.4, -0.2) is 29.4 Å². The summed E-state index contributed by atoms with van der Waals surface area (Å²) in [6.45, 7) is 7.69. The highest BCUT2D eigenvalue weighted by atomic mass is 16.2. The molecule has 1 aliphatic rings. The van der Waals surface area contributed by atoms with Crippen molar-refractivity contribution in [2.24, 2.45) is 0 Å². The summed E-state index contributed by atoms with van der Waals surface area (Å²) in [4.78, 5) is 13.8. The number of carbonyl (C=O) groups is 1. The van der Waals surface area contributed by atoms with Crippen LogP contribution in [0.15, 0.2) is 30.3 Å². The lowest BCUT2D eigenvalue weighted by molar-refractivity contribution is -0.129. The highest BCUT2D eigenvalue weighted by molar-refractivity contribution is 5.79. The Balaban J connectivity index is 2.23. The summed E-state index contributed by atoms with van der Waals surface area (Å²) < 4.78 is 0. The maximum Gasteiger partial charge on any atom is 0.234 e. The van der Waals surface area contributed by atoms with Crippen LogP contribution in [0.5, 0.6) is 0 Å². The van der Waals surface area contributed by atoms with Crippen molar-refractivity contribution in [3.05, 3.63) is 35.9 Å². The summed E-state index contributed by atoms with van der Waals surface area (Å²) in [5.74, 6) is 0.118. The first kappa shape index (κ1) is 12.1. The van der Waals surface area contributed by atoms with Gasteiger partial charge < -0.3 is 5.32 Å². The highest BCUT2D eigenvalue weighted by Crippen LogP contribution is 2.28. The molecule has 0 radical (unpaired) electrons. The monoisotopic (exact) mass is 232 g/mol. The summed E-state index contributed by atoms with van der Waals surface area (Å²) in [5, 5.41) is 2.93. The lowest BCUT2D eigenvalue weighted by Crippen LogP contribution is -2.60. The molecule has 0 saturated carbocycles. The summed E-state index contributed by atoms with van der Waals surface area (Å²) in [6, 6.07) is 10.6. The fourth-order valence-electron chi connectivity index (χ4n) is 2.41. The molecule has 1 aromatic carbocycles. The Kier molecular flexibility index (Phi) is 3.20. The van der Waals surface area contributed by atoms with Crippen molar-refractivity contribution in [1.29, 1.82) is 0 Å². The standard InChI is InChI=1S/C14H20N2O/c1-11(12-7-5-4-6-8-12)16-9-13(17)15-10-14(16,2)3/h4-8,11H,9-10H2,1-3H3,(H,15,17). The molecule has 0 spiro atoms. The third-order valence-electron chi connectivity index (χ3n) is 3.56. The molecule has 1 fully saturated rings. The third-order valence-corrected chi connectivity index (χ3v) is 3.56. The van der Waals surface area contributed by atoms with Crippen molar-refractivity contribution >= 4 is 5.91 Å². The van der Waals surface area contributed by atoms with Gasteiger partial charge in [0.05, 0.1) is 6.54 Å². The van der Waals surface area contributed by atoms with Gasteiger partial charge in [0.25, 0.3) is 0 Å². The van der Waals surface area contributed by atoms with Crippen LogP contribution in [0, 0.1) is 0 Å². The van der Waals surface area contributed by atoms with Crippen molar-refractivity contribution in [2.45, 2.75) is 32.4 Å². The second kappa shape index (κ2) is 4.49. The molecule has 17 heavy (non-hydrogen) atoms. The van der Waals surface area contributed by atoms with E-state index in [2.05, 4.69) is 43.1 Å². The zero-order valence-corrected chi connectivity index (χ0v) is 10.7. The van der Waals surface area contributed by atoms with Crippen molar-refractivity contribution < 1.29 is 4.79 Å². The van der Waals surface area contributed by atoms with Crippen LogP contribution in [0.1, 0.15) is 32.4 Å². The van der Waals surface area contributed by atoms with Gasteiger partial charge in [-0.1, -0.05) is 30.3 Å². The van der Waals surface area contributed by atoms with Crippen LogP contribution in [0.3, 0.4) is 0 Å². The van der Waals surface area contributed by atoms with E-state index in [0.29, 0.717) is 13.1 Å². The van der Waals surface area contributed by atoms with E-state index in [1.807, 2.05) is 18.2 Å². The second-order valence-electron chi connectivity index (χ2n) is 5.30. The van der Waals surface area contributed by atoms with Crippen LogP contribution in [0.25, 0.3) is 0 Å². The molecule has 1 heterocycles. The minimum Gasteiger partial charge on any atom is -0.353 e. The Bertz CT molecular complexity index is 400. The van der Waals surface area contributed by atoms with Gasteiger partial charge in [-0.15, -0.1) is 0 Å². The first-order valence-electron chi connectivity index (χ1n) is 6.09. The third kappa shape index (κ3) is 2.50. The predicted molar refractivity (Wildman–Crippen MR) is 68.7 cm³/mol. The number of rotatable bonds is 2. The Morgan fingerprint density at radius 2 is 1.94 bits per heavy atom. The van der Waals surface area contributed by atoms with E-state index in [1.54, 1.807) is 0 Å². The van der Waals surface area contributed by atoms with E-state index in [1.165, 1.54) is 5.56 Å². The number of nitrogens with one attached hydrogen (secondary N) is 1. The molecular weight excluding hydrogens is 212 g/mol. The lowest BCUT2D eigenvalue weighted by Gasteiger charge is -2.45. The van der Waals surface area contributed by atoms with Crippen LogP contribution in [-0.2, 0) is 4.79 Å². The normalized spacial score (nSPS) is 21.9. The predicted octanol–water partition coefficient (Wildman–Crippen LogP) is 1.96. The second-order valence-corrected chi connectivity index (χ2v) is 5.30.